The Labute approximate surface area is 151 Å². The third-order valence-electron chi connectivity index (χ3n) is 3.77. The number of aryl methyl sites for hydroxylation is 1. The van der Waals surface area contributed by atoms with E-state index in [-0.39, 0.29) is 11.4 Å². The predicted octanol–water partition coefficient (Wildman–Crippen LogP) is 0.841. The molecule has 9 nitrogen and oxygen atoms in total. The van der Waals surface area contributed by atoms with Crippen LogP contribution < -0.4 is 14.8 Å². The molecule has 140 valence electrons. The molecule has 3 rings (SSSR count). The number of nitrogens with one attached hydrogen (secondary N) is 1. The fourth-order valence-electron chi connectivity index (χ4n) is 2.44. The Balaban J connectivity index is 1.72. The number of nitrogens with zero attached hydrogens (tertiary/aromatic N) is 3. The van der Waals surface area contributed by atoms with Crippen molar-refractivity contribution < 1.29 is 22.7 Å². The number of ether oxygens (including phenoxy) is 2. The lowest BCUT2D eigenvalue weighted by molar-refractivity contribution is -0.116. The van der Waals surface area contributed by atoms with Crippen LogP contribution in [0.25, 0.3) is 0 Å². The number of hydrogen-bond acceptors (Lipinski definition) is 6. The first-order valence-electron chi connectivity index (χ1n) is 8.02. The standard InChI is InChI=1S/C16H20N4O5S/c1-19-7-6-15(18-19)17-16(21)11-20(2)26(22,23)12-4-5-13-14(10-12)25-9-3-8-24-13/h4-7,10H,3,8-9,11H2,1-2H3,(H,17,18,21). The van der Waals surface area contributed by atoms with Crippen molar-refractivity contribution in [1.82, 2.24) is 14.1 Å². The van der Waals surface area contributed by atoms with E-state index in [0.29, 0.717) is 30.5 Å². The number of carbonyl (C=O) groups is 1. The zero-order valence-electron chi connectivity index (χ0n) is 14.5. The fraction of sp³-hybridized carbons (Fsp3) is 0.375. The Kier molecular flexibility index (Phi) is 5.14. The Morgan fingerprint density at radius 2 is 2.00 bits per heavy atom. The van der Waals surface area contributed by atoms with Crippen molar-refractivity contribution in [2.75, 3.05) is 32.1 Å². The van der Waals surface area contributed by atoms with Gasteiger partial charge in [0.15, 0.2) is 17.3 Å². The highest BCUT2D eigenvalue weighted by Gasteiger charge is 2.25. The molecular formula is C16H20N4O5S. The van der Waals surface area contributed by atoms with E-state index in [9.17, 15) is 13.2 Å². The quantitative estimate of drug-likeness (QED) is 0.825. The summed E-state index contributed by atoms with van der Waals surface area (Å²) in [5, 5.41) is 6.58. The lowest BCUT2D eigenvalue weighted by Crippen LogP contribution is -2.35. The molecule has 1 aliphatic heterocycles. The summed E-state index contributed by atoms with van der Waals surface area (Å²) in [6.07, 6.45) is 2.40. The second-order valence-electron chi connectivity index (χ2n) is 5.84. The summed E-state index contributed by atoms with van der Waals surface area (Å²) in [6.45, 7) is 0.638. The number of fused-ring (bicyclic) bond motifs is 1. The molecule has 0 aliphatic carbocycles. The van der Waals surface area contributed by atoms with Gasteiger partial charge in [-0.1, -0.05) is 0 Å². The smallest absolute Gasteiger partial charge is 0.243 e. The Morgan fingerprint density at radius 3 is 2.69 bits per heavy atom. The van der Waals surface area contributed by atoms with Gasteiger partial charge >= 0.3 is 0 Å². The Morgan fingerprint density at radius 1 is 1.27 bits per heavy atom. The number of likely N-dealkylation sites (N-methyl/N-ethyl adjacent to an activating group) is 1. The highest BCUT2D eigenvalue weighted by Crippen LogP contribution is 2.32. The van der Waals surface area contributed by atoms with Crippen molar-refractivity contribution in [2.24, 2.45) is 7.05 Å². The highest BCUT2D eigenvalue weighted by molar-refractivity contribution is 7.89. The van der Waals surface area contributed by atoms with E-state index in [1.54, 1.807) is 25.4 Å². The van der Waals surface area contributed by atoms with Gasteiger partial charge in [0.1, 0.15) is 0 Å². The molecule has 0 saturated carbocycles. The van der Waals surface area contributed by atoms with Crippen LogP contribution in [0.15, 0.2) is 35.4 Å². The lowest BCUT2D eigenvalue weighted by atomic mass is 10.3. The van der Waals surface area contributed by atoms with Crippen LogP contribution in [0.4, 0.5) is 5.82 Å². The van der Waals surface area contributed by atoms with Crippen molar-refractivity contribution in [3.63, 3.8) is 0 Å². The molecule has 1 aromatic carbocycles. The average Bonchev–Trinajstić information content (AvgIpc) is 2.86. The molecule has 0 atom stereocenters. The van der Waals surface area contributed by atoms with E-state index in [4.69, 9.17) is 9.47 Å². The van der Waals surface area contributed by atoms with Gasteiger partial charge in [-0.2, -0.15) is 9.40 Å². The van der Waals surface area contributed by atoms with Gasteiger partial charge in [-0.15, -0.1) is 0 Å². The van der Waals surface area contributed by atoms with E-state index < -0.39 is 15.9 Å². The number of aromatic nitrogens is 2. The normalized spacial score (nSPS) is 14.1. The molecule has 0 fully saturated rings. The second kappa shape index (κ2) is 7.34. The van der Waals surface area contributed by atoms with Crippen molar-refractivity contribution in [3.05, 3.63) is 30.5 Å². The first-order valence-corrected chi connectivity index (χ1v) is 9.46. The molecule has 2 heterocycles. The molecule has 0 bridgehead atoms. The van der Waals surface area contributed by atoms with Crippen molar-refractivity contribution in [1.29, 1.82) is 0 Å². The summed E-state index contributed by atoms with van der Waals surface area (Å²) in [5.41, 5.74) is 0. The molecule has 0 spiro atoms. The number of carbonyl (C=O) groups excluding carboxylic acids is 1. The first-order chi connectivity index (χ1) is 12.4. The molecule has 1 aliphatic rings. The van der Waals surface area contributed by atoms with Gasteiger partial charge in [-0.3, -0.25) is 9.48 Å². The third kappa shape index (κ3) is 3.97. The lowest BCUT2D eigenvalue weighted by Gasteiger charge is -2.17. The molecule has 0 unspecified atom stereocenters. The van der Waals surface area contributed by atoms with Gasteiger partial charge in [0, 0.05) is 38.8 Å². The van der Waals surface area contributed by atoms with Crippen LogP contribution in [-0.4, -0.2) is 55.2 Å². The highest BCUT2D eigenvalue weighted by atomic mass is 32.2. The summed E-state index contributed by atoms with van der Waals surface area (Å²) < 4.78 is 39.0. The molecule has 2 aromatic rings. The minimum Gasteiger partial charge on any atom is -0.490 e. The Hall–Kier alpha value is -2.59. The second-order valence-corrected chi connectivity index (χ2v) is 7.89. The van der Waals surface area contributed by atoms with Crippen LogP contribution in [0.1, 0.15) is 6.42 Å². The van der Waals surface area contributed by atoms with Crippen LogP contribution in [0.2, 0.25) is 0 Å². The number of anilines is 1. The number of benzene rings is 1. The van der Waals surface area contributed by atoms with E-state index in [2.05, 4.69) is 10.4 Å². The van der Waals surface area contributed by atoms with Crippen molar-refractivity contribution >= 4 is 21.7 Å². The summed E-state index contributed by atoms with van der Waals surface area (Å²) >= 11 is 0. The molecule has 1 N–H and O–H groups in total. The third-order valence-corrected chi connectivity index (χ3v) is 5.57. The molecule has 1 amide bonds. The summed E-state index contributed by atoms with van der Waals surface area (Å²) in [4.78, 5) is 12.1. The van der Waals surface area contributed by atoms with Gasteiger partial charge in [0.2, 0.25) is 15.9 Å². The van der Waals surface area contributed by atoms with E-state index in [1.165, 1.54) is 23.9 Å². The zero-order valence-corrected chi connectivity index (χ0v) is 15.3. The number of amides is 1. The fourth-order valence-corrected chi connectivity index (χ4v) is 3.58. The topological polar surface area (TPSA) is 103 Å². The largest absolute Gasteiger partial charge is 0.490 e. The molecular weight excluding hydrogens is 360 g/mol. The van der Waals surface area contributed by atoms with E-state index >= 15 is 0 Å². The molecule has 1 aromatic heterocycles. The SMILES string of the molecule is CN(CC(=O)Nc1ccn(C)n1)S(=O)(=O)c1ccc2c(c1)OCCCO2. The number of rotatable bonds is 5. The summed E-state index contributed by atoms with van der Waals surface area (Å²) in [5.74, 6) is 0.773. The van der Waals surface area contributed by atoms with E-state index in [0.717, 1.165) is 10.7 Å². The molecule has 0 radical (unpaired) electrons. The molecule has 0 saturated heterocycles. The van der Waals surface area contributed by atoms with Gasteiger partial charge in [0.05, 0.1) is 24.7 Å². The van der Waals surface area contributed by atoms with Crippen molar-refractivity contribution in [2.45, 2.75) is 11.3 Å². The van der Waals surface area contributed by atoms with Gasteiger partial charge in [-0.25, -0.2) is 8.42 Å². The van der Waals surface area contributed by atoms with Crippen LogP contribution in [0.3, 0.4) is 0 Å². The maximum absolute atomic E-state index is 12.7. The summed E-state index contributed by atoms with van der Waals surface area (Å²) in [7, 11) is -0.793. The monoisotopic (exact) mass is 380 g/mol. The summed E-state index contributed by atoms with van der Waals surface area (Å²) in [6, 6.07) is 6.05. The molecule has 26 heavy (non-hydrogen) atoms. The minimum absolute atomic E-state index is 0.0369. The number of sulfonamides is 1. The minimum atomic E-state index is -3.86. The molecule has 10 heteroatoms. The average molecular weight is 380 g/mol. The van der Waals surface area contributed by atoms with Crippen LogP contribution >= 0.6 is 0 Å². The maximum atomic E-state index is 12.7. The zero-order chi connectivity index (χ0) is 18.7. The number of hydrogen-bond donors (Lipinski definition) is 1. The van der Waals surface area contributed by atoms with Crippen LogP contribution in [0, 0.1) is 0 Å². The first kappa shape index (κ1) is 18.2. The maximum Gasteiger partial charge on any atom is 0.243 e. The van der Waals surface area contributed by atoms with E-state index in [1.807, 2.05) is 0 Å². The van der Waals surface area contributed by atoms with Gasteiger partial charge in [0.25, 0.3) is 0 Å². The van der Waals surface area contributed by atoms with Crippen LogP contribution in [0.5, 0.6) is 11.5 Å². The van der Waals surface area contributed by atoms with Crippen LogP contribution in [-0.2, 0) is 21.9 Å². The van der Waals surface area contributed by atoms with Gasteiger partial charge in [-0.05, 0) is 12.1 Å². The van der Waals surface area contributed by atoms with Gasteiger partial charge < -0.3 is 14.8 Å². The predicted molar refractivity (Wildman–Crippen MR) is 93.7 cm³/mol. The Bertz CT molecular complexity index is 909. The van der Waals surface area contributed by atoms with Crippen molar-refractivity contribution in [3.8, 4) is 11.5 Å².